The van der Waals surface area contributed by atoms with E-state index in [0.29, 0.717) is 27.8 Å². The third-order valence-corrected chi connectivity index (χ3v) is 6.03. The van der Waals surface area contributed by atoms with Gasteiger partial charge in [-0.3, -0.25) is 14.8 Å². The summed E-state index contributed by atoms with van der Waals surface area (Å²) in [6.45, 7) is 0.238. The number of anilines is 1. The summed E-state index contributed by atoms with van der Waals surface area (Å²) in [5.74, 6) is 0.748. The number of thiazole rings is 1. The van der Waals surface area contributed by atoms with Crippen LogP contribution in [0.1, 0.15) is 27.9 Å². The molecule has 2 N–H and O–H groups in total. The molecule has 0 aliphatic carbocycles. The highest BCUT2D eigenvalue weighted by atomic mass is 32.1. The van der Waals surface area contributed by atoms with Crippen molar-refractivity contribution in [1.82, 2.24) is 9.97 Å². The summed E-state index contributed by atoms with van der Waals surface area (Å²) < 4.78 is 5.93. The van der Waals surface area contributed by atoms with Gasteiger partial charge in [0.1, 0.15) is 23.7 Å². The number of ketones is 1. The fourth-order valence-corrected chi connectivity index (χ4v) is 4.31. The maximum absolute atomic E-state index is 12.7. The summed E-state index contributed by atoms with van der Waals surface area (Å²) >= 11 is 1.32. The van der Waals surface area contributed by atoms with Gasteiger partial charge in [-0.05, 0) is 35.7 Å². The fourth-order valence-electron chi connectivity index (χ4n) is 3.63. The Kier molecular flexibility index (Phi) is 5.47. The average Bonchev–Trinajstić information content (AvgIpc) is 3.25. The molecule has 0 unspecified atom stereocenters. The van der Waals surface area contributed by atoms with Crippen LogP contribution in [0, 0.1) is 0 Å². The summed E-state index contributed by atoms with van der Waals surface area (Å²) in [4.78, 5) is 26.7. The van der Waals surface area contributed by atoms with Gasteiger partial charge < -0.3 is 10.5 Å². The van der Waals surface area contributed by atoms with Crippen LogP contribution in [0.5, 0.6) is 5.75 Å². The number of nitrogens with two attached hydrogens (primary N) is 1. The van der Waals surface area contributed by atoms with Crippen molar-refractivity contribution >= 4 is 33.7 Å². The minimum absolute atomic E-state index is 0.00736. The number of carbonyl (C=O) groups excluding carboxylic acids is 1. The Hall–Kier alpha value is -3.84. The number of rotatable bonds is 6. The first-order chi connectivity index (χ1) is 15.7. The van der Waals surface area contributed by atoms with Gasteiger partial charge in [0.05, 0.1) is 17.0 Å². The van der Waals surface area contributed by atoms with E-state index in [0.717, 1.165) is 17.0 Å². The molecule has 158 valence electrons. The van der Waals surface area contributed by atoms with Crippen LogP contribution in [-0.4, -0.2) is 28.1 Å². The number of pyridine rings is 1. The number of nitrogens with zero attached hydrogens (tertiary/aromatic N) is 3. The lowest BCUT2D eigenvalue weighted by Gasteiger charge is -2.17. The monoisotopic (exact) mass is 440 g/mol. The Morgan fingerprint density at radius 1 is 0.969 bits per heavy atom. The van der Waals surface area contributed by atoms with Gasteiger partial charge in [-0.1, -0.05) is 53.8 Å². The van der Waals surface area contributed by atoms with Crippen molar-refractivity contribution in [3.8, 4) is 16.3 Å². The van der Waals surface area contributed by atoms with Gasteiger partial charge >= 0.3 is 0 Å². The van der Waals surface area contributed by atoms with Gasteiger partial charge in [-0.15, -0.1) is 0 Å². The van der Waals surface area contributed by atoms with Crippen LogP contribution in [-0.2, 0) is 6.42 Å². The maximum atomic E-state index is 12.7. The van der Waals surface area contributed by atoms with E-state index in [1.165, 1.54) is 22.5 Å². The molecule has 1 aliphatic rings. The first-order valence-electron chi connectivity index (χ1n) is 10.2. The van der Waals surface area contributed by atoms with Gasteiger partial charge in [0.15, 0.2) is 10.9 Å². The van der Waals surface area contributed by atoms with Crippen molar-refractivity contribution in [3.05, 3.63) is 89.7 Å². The molecule has 32 heavy (non-hydrogen) atoms. The van der Waals surface area contributed by atoms with Gasteiger partial charge in [0.2, 0.25) is 0 Å². The molecule has 2 aromatic carbocycles. The predicted molar refractivity (Wildman–Crippen MR) is 127 cm³/mol. The lowest BCUT2D eigenvalue weighted by molar-refractivity contribution is 0.0998. The van der Waals surface area contributed by atoms with Crippen LogP contribution in [0.3, 0.4) is 0 Å². The number of carbonyl (C=O) groups is 1. The van der Waals surface area contributed by atoms with Gasteiger partial charge in [0, 0.05) is 18.0 Å². The molecule has 4 aromatic rings. The predicted octanol–water partition coefficient (Wildman–Crippen LogP) is 5.12. The van der Waals surface area contributed by atoms with E-state index in [9.17, 15) is 4.79 Å². The van der Waals surface area contributed by atoms with E-state index in [4.69, 9.17) is 15.5 Å². The van der Waals surface area contributed by atoms with Crippen molar-refractivity contribution in [1.29, 1.82) is 0 Å². The lowest BCUT2D eigenvalue weighted by atomic mass is 10.00. The Balaban J connectivity index is 1.32. The molecule has 0 saturated carbocycles. The Bertz CT molecular complexity index is 1300. The van der Waals surface area contributed by atoms with Crippen molar-refractivity contribution in [3.63, 3.8) is 0 Å². The van der Waals surface area contributed by atoms with Crippen LogP contribution in [0.15, 0.2) is 78.0 Å². The molecule has 0 fully saturated rings. The second kappa shape index (κ2) is 8.72. The highest BCUT2D eigenvalue weighted by Gasteiger charge is 2.24. The average molecular weight is 441 g/mol. The number of hydrogen-bond acceptors (Lipinski definition) is 7. The summed E-state index contributed by atoms with van der Waals surface area (Å²) in [7, 11) is 0. The smallest absolute Gasteiger partial charge is 0.180 e. The number of aliphatic imine (C=N–C) groups is 1. The summed E-state index contributed by atoms with van der Waals surface area (Å²) in [5.41, 5.74) is 10.7. The number of nitrogen functional groups attached to an aromatic ring is 1. The SMILES string of the molecule is Nc1ncc(-c2nccc3c2N=C(COc2ccc(Cc4ccccc4)cc2)CC3=O)s1. The molecule has 3 heterocycles. The first kappa shape index (κ1) is 20.1. The zero-order valence-corrected chi connectivity index (χ0v) is 18.0. The standard InChI is InChI=1S/C25H20N4O2S/c26-25-28-14-22(32-25)24-23-20(10-11-27-24)21(30)13-18(29-23)15-31-19-8-6-17(7-9-19)12-16-4-2-1-3-5-16/h1-11,14H,12-13,15H2,(H2,26,28). The highest BCUT2D eigenvalue weighted by molar-refractivity contribution is 7.18. The lowest BCUT2D eigenvalue weighted by Crippen LogP contribution is -2.20. The van der Waals surface area contributed by atoms with Gasteiger partial charge in [-0.2, -0.15) is 0 Å². The van der Waals surface area contributed by atoms with Crippen molar-refractivity contribution < 1.29 is 9.53 Å². The molecule has 0 saturated heterocycles. The van der Waals surface area contributed by atoms with Gasteiger partial charge in [-0.25, -0.2) is 4.98 Å². The Labute approximate surface area is 189 Å². The second-order valence-electron chi connectivity index (χ2n) is 7.49. The van der Waals surface area contributed by atoms with Crippen molar-refractivity contribution in [2.75, 3.05) is 12.3 Å². The van der Waals surface area contributed by atoms with Crippen LogP contribution in [0.25, 0.3) is 10.6 Å². The largest absolute Gasteiger partial charge is 0.488 e. The molecule has 0 bridgehead atoms. The minimum Gasteiger partial charge on any atom is -0.488 e. The molecule has 0 amide bonds. The molecule has 1 aliphatic heterocycles. The van der Waals surface area contributed by atoms with E-state index in [2.05, 4.69) is 34.2 Å². The van der Waals surface area contributed by atoms with E-state index in [-0.39, 0.29) is 18.8 Å². The summed E-state index contributed by atoms with van der Waals surface area (Å²) in [6, 6.07) is 20.1. The Morgan fingerprint density at radius 3 is 2.50 bits per heavy atom. The van der Waals surface area contributed by atoms with Crippen LogP contribution < -0.4 is 10.5 Å². The molecule has 5 rings (SSSR count). The van der Waals surface area contributed by atoms with Crippen LogP contribution in [0.4, 0.5) is 10.8 Å². The molecular weight excluding hydrogens is 420 g/mol. The molecule has 2 aromatic heterocycles. The first-order valence-corrected chi connectivity index (χ1v) is 11.0. The number of hydrogen-bond donors (Lipinski definition) is 1. The highest BCUT2D eigenvalue weighted by Crippen LogP contribution is 2.37. The van der Waals surface area contributed by atoms with E-state index in [1.54, 1.807) is 18.5 Å². The number of ether oxygens (including phenoxy) is 1. The summed E-state index contributed by atoms with van der Waals surface area (Å²) in [6.07, 6.45) is 4.38. The second-order valence-corrected chi connectivity index (χ2v) is 8.55. The normalized spacial score (nSPS) is 12.9. The van der Waals surface area contributed by atoms with Gasteiger partial charge in [0.25, 0.3) is 0 Å². The molecule has 7 heteroatoms. The zero-order valence-electron chi connectivity index (χ0n) is 17.2. The third kappa shape index (κ3) is 4.29. The van der Waals surface area contributed by atoms with E-state index >= 15 is 0 Å². The van der Waals surface area contributed by atoms with Crippen molar-refractivity contribution in [2.24, 2.45) is 4.99 Å². The van der Waals surface area contributed by atoms with E-state index in [1.807, 2.05) is 30.3 Å². The van der Waals surface area contributed by atoms with Crippen LogP contribution in [0.2, 0.25) is 0 Å². The summed E-state index contributed by atoms with van der Waals surface area (Å²) in [5, 5.41) is 0.449. The number of Topliss-reactive ketones (excluding diaryl/α,β-unsaturated/α-hetero) is 1. The topological polar surface area (TPSA) is 90.5 Å². The molecule has 0 spiro atoms. The molecule has 0 radical (unpaired) electrons. The fraction of sp³-hybridized carbons (Fsp3) is 0.120. The quantitative estimate of drug-likeness (QED) is 0.450. The molecule has 0 atom stereocenters. The third-order valence-electron chi connectivity index (χ3n) is 5.20. The Morgan fingerprint density at radius 2 is 1.75 bits per heavy atom. The van der Waals surface area contributed by atoms with Crippen molar-refractivity contribution in [2.45, 2.75) is 12.8 Å². The van der Waals surface area contributed by atoms with E-state index < -0.39 is 0 Å². The minimum atomic E-state index is 0.00736. The molecular formula is C25H20N4O2S. The number of aromatic nitrogens is 2. The number of fused-ring (bicyclic) bond motifs is 1. The maximum Gasteiger partial charge on any atom is 0.180 e. The van der Waals surface area contributed by atoms with Crippen LogP contribution >= 0.6 is 11.3 Å². The number of benzene rings is 2. The zero-order chi connectivity index (χ0) is 21.9. The molecule has 6 nitrogen and oxygen atoms in total.